The molecule has 1 atom stereocenters. The second-order valence-corrected chi connectivity index (χ2v) is 3.79. The molecule has 2 rings (SSSR count). The summed E-state index contributed by atoms with van der Waals surface area (Å²) in [4.78, 5) is 14.2. The van der Waals surface area contributed by atoms with Crippen molar-refractivity contribution in [3.8, 4) is 17.1 Å². The maximum atomic E-state index is 10.7. The van der Waals surface area contributed by atoms with Crippen molar-refractivity contribution in [2.75, 3.05) is 0 Å². The molecule has 0 amide bonds. The number of nitrogens with one attached hydrogen (secondary N) is 1. The highest BCUT2D eigenvalue weighted by Gasteiger charge is 2.16. The van der Waals surface area contributed by atoms with Crippen LogP contribution < -0.4 is 5.73 Å². The number of hydrogen-bond donors (Lipinski definition) is 3. The molecule has 0 fully saturated rings. The summed E-state index contributed by atoms with van der Waals surface area (Å²) in [6.07, 6.45) is 0. The third-order valence-electron chi connectivity index (χ3n) is 2.37. The van der Waals surface area contributed by atoms with Crippen molar-refractivity contribution in [1.82, 2.24) is 15.2 Å². The lowest BCUT2D eigenvalue weighted by molar-refractivity contribution is -0.384. The molecule has 2 aromatic rings. The van der Waals surface area contributed by atoms with E-state index in [0.29, 0.717) is 5.82 Å². The highest BCUT2D eigenvalue weighted by molar-refractivity contribution is 5.66. The molecule has 4 N–H and O–H groups in total. The van der Waals surface area contributed by atoms with Crippen LogP contribution in [0.1, 0.15) is 18.8 Å². The van der Waals surface area contributed by atoms with Crippen molar-refractivity contribution >= 4 is 5.69 Å². The summed E-state index contributed by atoms with van der Waals surface area (Å²) >= 11 is 0. The molecule has 0 aliphatic heterocycles. The standard InChI is InChI=1S/C10H11N5O3/c1-5(11)9-12-10(14-13-9)7-4-6(15(17)18)2-3-8(7)16/h2-5,16H,11H2,1H3,(H,12,13,14)/t5-/m0/s1. The van der Waals surface area contributed by atoms with E-state index < -0.39 is 4.92 Å². The highest BCUT2D eigenvalue weighted by atomic mass is 16.6. The fraction of sp³-hybridized carbons (Fsp3) is 0.200. The van der Waals surface area contributed by atoms with Gasteiger partial charge in [0, 0.05) is 12.1 Å². The van der Waals surface area contributed by atoms with Crippen LogP contribution in [0.4, 0.5) is 5.69 Å². The summed E-state index contributed by atoms with van der Waals surface area (Å²) in [6.45, 7) is 1.72. The van der Waals surface area contributed by atoms with Crippen LogP contribution in [-0.2, 0) is 0 Å². The second-order valence-electron chi connectivity index (χ2n) is 3.79. The van der Waals surface area contributed by atoms with Gasteiger partial charge in [-0.1, -0.05) is 0 Å². The maximum Gasteiger partial charge on any atom is 0.270 e. The summed E-state index contributed by atoms with van der Waals surface area (Å²) in [5, 5.41) is 26.8. The molecule has 0 saturated heterocycles. The van der Waals surface area contributed by atoms with Gasteiger partial charge in [0.2, 0.25) is 0 Å². The minimum absolute atomic E-state index is 0.129. The molecule has 0 radical (unpaired) electrons. The van der Waals surface area contributed by atoms with Crippen LogP contribution in [0.3, 0.4) is 0 Å². The third-order valence-corrected chi connectivity index (χ3v) is 2.37. The van der Waals surface area contributed by atoms with Crippen LogP contribution in [0.25, 0.3) is 11.4 Å². The average Bonchev–Trinajstić information content (AvgIpc) is 2.78. The zero-order valence-corrected chi connectivity index (χ0v) is 9.49. The number of benzene rings is 1. The Morgan fingerprint density at radius 2 is 2.28 bits per heavy atom. The number of aromatic hydroxyl groups is 1. The van der Waals surface area contributed by atoms with E-state index in [1.807, 2.05) is 0 Å². The SMILES string of the molecule is C[C@H](N)c1nc(-c2cc([N+](=O)[O-])ccc2O)n[nH]1. The maximum absolute atomic E-state index is 10.7. The highest BCUT2D eigenvalue weighted by Crippen LogP contribution is 2.30. The third kappa shape index (κ3) is 2.13. The van der Waals surface area contributed by atoms with Gasteiger partial charge >= 0.3 is 0 Å². The Bertz CT molecular complexity index is 593. The lowest BCUT2D eigenvalue weighted by Gasteiger charge is -2.00. The molecule has 0 saturated carbocycles. The van der Waals surface area contributed by atoms with Crippen molar-refractivity contribution in [1.29, 1.82) is 0 Å². The first-order chi connectivity index (χ1) is 8.49. The molecule has 0 unspecified atom stereocenters. The molecule has 0 spiro atoms. The molecule has 18 heavy (non-hydrogen) atoms. The van der Waals surface area contributed by atoms with Crippen molar-refractivity contribution in [3.05, 3.63) is 34.1 Å². The summed E-state index contributed by atoms with van der Waals surface area (Å²) in [6, 6.07) is 3.31. The molecule has 0 bridgehead atoms. The lowest BCUT2D eigenvalue weighted by atomic mass is 10.1. The minimum Gasteiger partial charge on any atom is -0.507 e. The first kappa shape index (κ1) is 12.0. The van der Waals surface area contributed by atoms with Crippen LogP contribution >= 0.6 is 0 Å². The fourth-order valence-corrected chi connectivity index (χ4v) is 1.42. The van der Waals surface area contributed by atoms with Gasteiger partial charge in [-0.25, -0.2) is 4.98 Å². The average molecular weight is 249 g/mol. The number of phenols is 1. The summed E-state index contributed by atoms with van der Waals surface area (Å²) in [5.74, 6) is 0.482. The lowest BCUT2D eigenvalue weighted by Crippen LogP contribution is -2.06. The molecule has 1 aromatic carbocycles. The summed E-state index contributed by atoms with van der Waals surface area (Å²) in [7, 11) is 0. The topological polar surface area (TPSA) is 131 Å². The molecule has 1 heterocycles. The number of rotatable bonds is 3. The minimum atomic E-state index is -0.554. The Kier molecular flexibility index (Phi) is 2.94. The zero-order chi connectivity index (χ0) is 13.3. The summed E-state index contributed by atoms with van der Waals surface area (Å²) in [5.41, 5.74) is 5.66. The van der Waals surface area contributed by atoms with E-state index in [0.717, 1.165) is 0 Å². The van der Waals surface area contributed by atoms with E-state index in [9.17, 15) is 15.2 Å². The van der Waals surface area contributed by atoms with Gasteiger partial charge in [0.05, 0.1) is 16.5 Å². The van der Waals surface area contributed by atoms with Crippen molar-refractivity contribution in [2.24, 2.45) is 5.73 Å². The van der Waals surface area contributed by atoms with Gasteiger partial charge < -0.3 is 10.8 Å². The molecular formula is C10H11N5O3. The zero-order valence-electron chi connectivity index (χ0n) is 9.49. The van der Waals surface area contributed by atoms with Crippen LogP contribution in [0, 0.1) is 10.1 Å². The number of aromatic nitrogens is 3. The Labute approximate surface area is 102 Å². The normalized spacial score (nSPS) is 12.3. The van der Waals surface area contributed by atoms with E-state index >= 15 is 0 Å². The Balaban J connectivity index is 2.48. The van der Waals surface area contributed by atoms with Gasteiger partial charge in [-0.3, -0.25) is 15.2 Å². The number of H-pyrrole nitrogens is 1. The van der Waals surface area contributed by atoms with E-state index in [-0.39, 0.29) is 28.9 Å². The van der Waals surface area contributed by atoms with Crippen LogP contribution in [-0.4, -0.2) is 25.2 Å². The monoisotopic (exact) mass is 249 g/mol. The number of phenolic OH excluding ortho intramolecular Hbond substituents is 1. The smallest absolute Gasteiger partial charge is 0.270 e. The predicted octanol–water partition coefficient (Wildman–Crippen LogP) is 1.11. The Morgan fingerprint density at radius 3 is 2.83 bits per heavy atom. The van der Waals surface area contributed by atoms with E-state index in [1.165, 1.54) is 18.2 Å². The molecule has 8 nitrogen and oxygen atoms in total. The van der Waals surface area contributed by atoms with Gasteiger partial charge in [0.25, 0.3) is 5.69 Å². The number of non-ortho nitro benzene ring substituents is 1. The van der Waals surface area contributed by atoms with Gasteiger partial charge in [0.15, 0.2) is 5.82 Å². The predicted molar refractivity (Wildman–Crippen MR) is 62.7 cm³/mol. The molecule has 8 heteroatoms. The number of nitrogens with two attached hydrogens (primary N) is 1. The number of nitro benzene ring substituents is 1. The van der Waals surface area contributed by atoms with Gasteiger partial charge in [-0.15, -0.1) is 0 Å². The van der Waals surface area contributed by atoms with Crippen molar-refractivity contribution in [3.63, 3.8) is 0 Å². The Morgan fingerprint density at radius 1 is 1.56 bits per heavy atom. The van der Waals surface area contributed by atoms with Crippen molar-refractivity contribution < 1.29 is 10.0 Å². The van der Waals surface area contributed by atoms with Crippen molar-refractivity contribution in [2.45, 2.75) is 13.0 Å². The van der Waals surface area contributed by atoms with Crippen LogP contribution in [0.15, 0.2) is 18.2 Å². The Hall–Kier alpha value is -2.48. The number of aromatic amines is 1. The number of nitro groups is 1. The second kappa shape index (κ2) is 4.41. The molecular weight excluding hydrogens is 238 g/mol. The molecule has 94 valence electrons. The summed E-state index contributed by atoms with van der Waals surface area (Å²) < 4.78 is 0. The van der Waals surface area contributed by atoms with Crippen LogP contribution in [0.2, 0.25) is 0 Å². The first-order valence-electron chi connectivity index (χ1n) is 5.14. The number of nitrogens with zero attached hydrogens (tertiary/aromatic N) is 3. The molecule has 0 aliphatic carbocycles. The van der Waals surface area contributed by atoms with Gasteiger partial charge in [0.1, 0.15) is 11.6 Å². The quantitative estimate of drug-likeness (QED) is 0.551. The largest absolute Gasteiger partial charge is 0.507 e. The fourth-order valence-electron chi connectivity index (χ4n) is 1.42. The van der Waals surface area contributed by atoms with Gasteiger partial charge in [-0.05, 0) is 13.0 Å². The van der Waals surface area contributed by atoms with E-state index in [1.54, 1.807) is 6.92 Å². The van der Waals surface area contributed by atoms with Crippen LogP contribution in [0.5, 0.6) is 5.75 Å². The first-order valence-corrected chi connectivity index (χ1v) is 5.14. The van der Waals surface area contributed by atoms with Gasteiger partial charge in [-0.2, -0.15) is 5.10 Å². The van der Waals surface area contributed by atoms with E-state index in [2.05, 4.69) is 15.2 Å². The van der Waals surface area contributed by atoms with E-state index in [4.69, 9.17) is 5.73 Å². The molecule has 0 aliphatic rings. The number of hydrogen-bond acceptors (Lipinski definition) is 6. The molecule has 1 aromatic heterocycles.